The molecule has 0 saturated carbocycles. The average Bonchev–Trinajstić information content (AvgIpc) is 3.21. The first-order valence-electron chi connectivity index (χ1n) is 11.2. The van der Waals surface area contributed by atoms with Gasteiger partial charge in [0.05, 0.1) is 18.4 Å². The van der Waals surface area contributed by atoms with Crippen LogP contribution >= 0.6 is 0 Å². The maximum atomic E-state index is 12.4. The zero-order chi connectivity index (χ0) is 24.5. The summed E-state index contributed by atoms with van der Waals surface area (Å²) in [5, 5.41) is 4.50. The van der Waals surface area contributed by atoms with E-state index in [0.717, 1.165) is 28.7 Å². The van der Waals surface area contributed by atoms with Crippen molar-refractivity contribution < 1.29 is 9.53 Å². The van der Waals surface area contributed by atoms with Gasteiger partial charge in [-0.1, -0.05) is 18.2 Å². The summed E-state index contributed by atoms with van der Waals surface area (Å²) < 4.78 is 7.41. The van der Waals surface area contributed by atoms with Crippen LogP contribution in [0.25, 0.3) is 0 Å². The number of hydrogen-bond donors (Lipinski definition) is 4. The Morgan fingerprint density at radius 1 is 1.18 bits per heavy atom. The number of pyridine rings is 1. The first-order chi connectivity index (χ1) is 16.1. The van der Waals surface area contributed by atoms with Crippen LogP contribution in [0, 0.1) is 0 Å². The van der Waals surface area contributed by atoms with Crippen molar-refractivity contribution in [1.29, 1.82) is 0 Å². The summed E-state index contributed by atoms with van der Waals surface area (Å²) in [6.45, 7) is 7.50. The Balaban J connectivity index is 1.42. The van der Waals surface area contributed by atoms with Crippen LogP contribution < -0.4 is 22.7 Å². The lowest BCUT2D eigenvalue weighted by Gasteiger charge is -2.31. The molecule has 0 spiro atoms. The first kappa shape index (κ1) is 23.4. The molecule has 0 atom stereocenters. The number of nitrogens with one attached hydrogen (secondary N) is 1. The topological polar surface area (TPSA) is 150 Å². The van der Waals surface area contributed by atoms with Gasteiger partial charge in [0.15, 0.2) is 5.82 Å². The van der Waals surface area contributed by atoms with E-state index in [1.165, 1.54) is 5.56 Å². The van der Waals surface area contributed by atoms with Crippen molar-refractivity contribution >= 4 is 23.4 Å². The van der Waals surface area contributed by atoms with Gasteiger partial charge < -0.3 is 26.5 Å². The molecule has 0 aliphatic carbocycles. The number of fused-ring (bicyclic) bond motifs is 1. The summed E-state index contributed by atoms with van der Waals surface area (Å²) >= 11 is 0. The van der Waals surface area contributed by atoms with Crippen LogP contribution in [0.15, 0.2) is 36.7 Å². The first-order valence-corrected chi connectivity index (χ1v) is 11.2. The smallest absolute Gasteiger partial charge is 0.410 e. The van der Waals surface area contributed by atoms with E-state index in [0.29, 0.717) is 43.4 Å². The summed E-state index contributed by atoms with van der Waals surface area (Å²) in [6.07, 6.45) is 4.92. The van der Waals surface area contributed by atoms with Crippen molar-refractivity contribution in [2.75, 3.05) is 23.4 Å². The molecule has 10 heteroatoms. The number of anilines is 3. The Labute approximate surface area is 199 Å². The molecule has 0 fully saturated rings. The fourth-order valence-corrected chi connectivity index (χ4v) is 4.06. The molecular weight excluding hydrogens is 432 g/mol. The summed E-state index contributed by atoms with van der Waals surface area (Å²) in [7, 11) is 0. The molecule has 4 rings (SSSR count). The molecule has 1 aromatic carbocycles. The van der Waals surface area contributed by atoms with Crippen LogP contribution in [0.1, 0.15) is 48.6 Å². The predicted octanol–water partition coefficient (Wildman–Crippen LogP) is 2.66. The van der Waals surface area contributed by atoms with Crippen LogP contribution in [0.2, 0.25) is 0 Å². The minimum absolute atomic E-state index is 0.266. The second-order valence-electron chi connectivity index (χ2n) is 9.59. The average molecular weight is 465 g/mol. The molecule has 1 amide bonds. The van der Waals surface area contributed by atoms with Crippen molar-refractivity contribution in [2.24, 2.45) is 5.84 Å². The molecule has 10 nitrogen and oxygen atoms in total. The Morgan fingerprint density at radius 3 is 2.71 bits per heavy atom. The minimum Gasteiger partial charge on any atom is -0.444 e. The third-order valence-corrected chi connectivity index (χ3v) is 5.66. The standard InChI is InChI=1S/C24H32N8O2/c1-24(2,3)34-23(33)31-7-6-17-8-15(4-5-18(17)14-31)12-32-13-16(11-28-32)9-19-10-20(25)29-22(30-27)21(19)26/h4-5,8,10-11,13H,6-7,9,12,14,26-27H2,1-3H3,(H3,25,29,30). The lowest BCUT2D eigenvalue weighted by molar-refractivity contribution is 0.0224. The Morgan fingerprint density at radius 2 is 1.97 bits per heavy atom. The maximum Gasteiger partial charge on any atom is 0.410 e. The van der Waals surface area contributed by atoms with Gasteiger partial charge in [-0.05, 0) is 61.1 Å². The quantitative estimate of drug-likeness (QED) is 0.332. The molecule has 0 unspecified atom stereocenters. The largest absolute Gasteiger partial charge is 0.444 e. The zero-order valence-electron chi connectivity index (χ0n) is 19.8. The number of ether oxygens (including phenoxy) is 1. The van der Waals surface area contributed by atoms with Gasteiger partial charge in [0.25, 0.3) is 0 Å². The Hall–Kier alpha value is -3.79. The van der Waals surface area contributed by atoms with Crippen molar-refractivity contribution in [1.82, 2.24) is 19.7 Å². The van der Waals surface area contributed by atoms with Gasteiger partial charge in [-0.25, -0.2) is 15.6 Å². The zero-order valence-corrected chi connectivity index (χ0v) is 19.8. The molecule has 1 aliphatic heterocycles. The van der Waals surface area contributed by atoms with E-state index in [4.69, 9.17) is 22.0 Å². The highest BCUT2D eigenvalue weighted by Gasteiger charge is 2.25. The molecule has 3 heterocycles. The number of rotatable bonds is 5. The van der Waals surface area contributed by atoms with Crippen LogP contribution in [-0.2, 0) is 30.7 Å². The van der Waals surface area contributed by atoms with Crippen LogP contribution in [-0.4, -0.2) is 37.9 Å². The van der Waals surface area contributed by atoms with Crippen molar-refractivity contribution in [3.8, 4) is 0 Å². The van der Waals surface area contributed by atoms with Crippen LogP contribution in [0.4, 0.5) is 22.1 Å². The van der Waals surface area contributed by atoms with Gasteiger partial charge in [0.1, 0.15) is 11.4 Å². The molecular formula is C24H32N8O2. The van der Waals surface area contributed by atoms with Gasteiger partial charge in [0.2, 0.25) is 0 Å². The number of nitrogens with zero attached hydrogens (tertiary/aromatic N) is 4. The number of hydrazine groups is 1. The molecule has 0 bridgehead atoms. The number of hydrogen-bond acceptors (Lipinski definition) is 8. The lowest BCUT2D eigenvalue weighted by Crippen LogP contribution is -2.39. The predicted molar refractivity (Wildman–Crippen MR) is 132 cm³/mol. The fourth-order valence-electron chi connectivity index (χ4n) is 4.06. The van der Waals surface area contributed by atoms with E-state index in [1.54, 1.807) is 11.0 Å². The van der Waals surface area contributed by atoms with E-state index in [1.807, 2.05) is 37.8 Å². The Bertz CT molecular complexity index is 1200. The molecule has 1 aliphatic rings. The molecule has 0 saturated heterocycles. The summed E-state index contributed by atoms with van der Waals surface area (Å²) in [5.41, 5.74) is 19.9. The van der Waals surface area contributed by atoms with Gasteiger partial charge in [-0.3, -0.25) is 4.68 Å². The number of nitrogen functional groups attached to an aromatic ring is 3. The SMILES string of the molecule is CC(C)(C)OC(=O)N1CCc2cc(Cn3cc(Cc4cc(N)nc(NN)c4N)cn3)ccc2C1. The summed E-state index contributed by atoms with van der Waals surface area (Å²) in [5.74, 6) is 6.19. The lowest BCUT2D eigenvalue weighted by atomic mass is 9.97. The highest BCUT2D eigenvalue weighted by Crippen LogP contribution is 2.25. The van der Waals surface area contributed by atoms with Crippen molar-refractivity contribution in [2.45, 2.75) is 52.3 Å². The fraction of sp³-hybridized carbons (Fsp3) is 0.375. The van der Waals surface area contributed by atoms with Gasteiger partial charge in [-0.2, -0.15) is 5.10 Å². The van der Waals surface area contributed by atoms with Crippen molar-refractivity contribution in [3.63, 3.8) is 0 Å². The number of aromatic nitrogens is 3. The summed E-state index contributed by atoms with van der Waals surface area (Å²) in [6, 6.07) is 8.12. The second-order valence-corrected chi connectivity index (χ2v) is 9.59. The van der Waals surface area contributed by atoms with Crippen LogP contribution in [0.3, 0.4) is 0 Å². The minimum atomic E-state index is -0.497. The van der Waals surface area contributed by atoms with E-state index in [-0.39, 0.29) is 6.09 Å². The highest BCUT2D eigenvalue weighted by molar-refractivity contribution is 5.69. The third-order valence-electron chi connectivity index (χ3n) is 5.66. The highest BCUT2D eigenvalue weighted by atomic mass is 16.6. The van der Waals surface area contributed by atoms with Crippen molar-refractivity contribution in [3.05, 3.63) is 64.5 Å². The number of benzene rings is 1. The number of nitrogens with two attached hydrogens (primary N) is 3. The molecule has 2 aromatic heterocycles. The number of carbonyl (C=O) groups is 1. The van der Waals surface area contributed by atoms with E-state index in [9.17, 15) is 4.79 Å². The molecule has 7 N–H and O–H groups in total. The third kappa shape index (κ3) is 5.40. The number of amides is 1. The van der Waals surface area contributed by atoms with Gasteiger partial charge in [0, 0.05) is 25.7 Å². The molecule has 3 aromatic rings. The monoisotopic (exact) mass is 464 g/mol. The Kier molecular flexibility index (Phi) is 6.34. The van der Waals surface area contributed by atoms with E-state index >= 15 is 0 Å². The molecule has 34 heavy (non-hydrogen) atoms. The van der Waals surface area contributed by atoms with Gasteiger partial charge >= 0.3 is 6.09 Å². The number of carbonyl (C=O) groups excluding carboxylic acids is 1. The van der Waals surface area contributed by atoms with E-state index < -0.39 is 5.60 Å². The van der Waals surface area contributed by atoms with E-state index in [2.05, 4.69) is 33.7 Å². The second kappa shape index (κ2) is 9.22. The molecule has 0 radical (unpaired) electrons. The normalized spacial score (nSPS) is 13.5. The van der Waals surface area contributed by atoms with Gasteiger partial charge in [-0.15, -0.1) is 0 Å². The molecule has 180 valence electrons. The maximum absolute atomic E-state index is 12.4. The summed E-state index contributed by atoms with van der Waals surface area (Å²) in [4.78, 5) is 18.3. The van der Waals surface area contributed by atoms with Crippen LogP contribution in [0.5, 0.6) is 0 Å².